The summed E-state index contributed by atoms with van der Waals surface area (Å²) in [6.07, 6.45) is 13.3. The lowest BCUT2D eigenvalue weighted by molar-refractivity contribution is -0.120. The molecule has 0 unspecified atom stereocenters. The molecule has 2 aromatic carbocycles. The minimum absolute atomic E-state index is 0.0380. The van der Waals surface area contributed by atoms with Crippen LogP contribution in [-0.2, 0) is 19.1 Å². The van der Waals surface area contributed by atoms with Gasteiger partial charge in [0.05, 0.1) is 70.4 Å². The molecule has 87 heavy (non-hydrogen) atoms. The van der Waals surface area contributed by atoms with Crippen molar-refractivity contribution in [3.8, 4) is 23.0 Å². The molecule has 4 aromatic rings. The van der Waals surface area contributed by atoms with Crippen LogP contribution in [0.2, 0.25) is 0 Å². The van der Waals surface area contributed by atoms with Gasteiger partial charge in [0.2, 0.25) is 0 Å². The number of amides is 1. The number of carbonyl (C=O) groups is 4. The van der Waals surface area contributed by atoms with Crippen LogP contribution < -0.4 is 20.5 Å². The third-order valence-corrected chi connectivity index (χ3v) is 20.3. The minimum Gasteiger partial charge on any atom is -0.507 e. The van der Waals surface area contributed by atoms with Gasteiger partial charge >= 0.3 is 11.8 Å². The number of carboxylic acids is 1. The Morgan fingerprint density at radius 1 is 0.908 bits per heavy atom. The number of hydrogen-bond acceptors (Lipinski definition) is 17. The molecule has 0 radical (unpaired) electrons. The molecule has 468 valence electrons. The first-order valence-corrected chi connectivity index (χ1v) is 30.4. The van der Waals surface area contributed by atoms with Crippen LogP contribution in [0.25, 0.3) is 16.3 Å². The summed E-state index contributed by atoms with van der Waals surface area (Å²) in [5.74, 6) is -9.65. The second kappa shape index (κ2) is 24.0. The normalized spacial score (nSPS) is 29.6. The van der Waals surface area contributed by atoms with Crippen molar-refractivity contribution in [1.29, 1.82) is 0 Å². The molecular formula is C66H83FN6O14. The highest BCUT2D eigenvalue weighted by Gasteiger charge is 2.56. The van der Waals surface area contributed by atoms with Crippen LogP contribution in [0.5, 0.6) is 23.0 Å². The largest absolute Gasteiger partial charge is 0.507 e. The molecule has 7 aliphatic rings. The van der Waals surface area contributed by atoms with Crippen LogP contribution in [0.1, 0.15) is 149 Å². The molecule has 2 saturated carbocycles. The fraction of sp³-hybridized carbons (Fsp3) is 0.545. The molecule has 7 heterocycles. The van der Waals surface area contributed by atoms with Gasteiger partial charge in [-0.2, -0.15) is 5.10 Å². The number of rotatable bonds is 11. The number of pyridine rings is 2. The van der Waals surface area contributed by atoms with E-state index in [4.69, 9.17) is 19.3 Å². The van der Waals surface area contributed by atoms with Crippen LogP contribution in [0.15, 0.2) is 58.3 Å². The molecular weight excluding hydrogens is 1120 g/mol. The van der Waals surface area contributed by atoms with Crippen LogP contribution >= 0.6 is 0 Å². The highest BCUT2D eigenvalue weighted by Crippen LogP contribution is 2.56. The van der Waals surface area contributed by atoms with Crippen molar-refractivity contribution < 1.29 is 68.4 Å². The Kier molecular flexibility index (Phi) is 17.3. The number of hydrazone groups is 1. The van der Waals surface area contributed by atoms with E-state index in [2.05, 4.69) is 22.2 Å². The summed E-state index contributed by atoms with van der Waals surface area (Å²) < 4.78 is 35.8. The number of halogens is 1. The van der Waals surface area contributed by atoms with Gasteiger partial charge in [0.1, 0.15) is 28.6 Å². The monoisotopic (exact) mass is 1200 g/mol. The summed E-state index contributed by atoms with van der Waals surface area (Å²) in [4.78, 5) is 71.7. The van der Waals surface area contributed by atoms with Crippen LogP contribution in [0.4, 0.5) is 15.8 Å². The number of aryl methyl sites for hydroxylation is 1. The van der Waals surface area contributed by atoms with Crippen molar-refractivity contribution in [2.75, 3.05) is 50.6 Å². The summed E-state index contributed by atoms with van der Waals surface area (Å²) in [5.41, 5.74) is 0.689. The number of benzene rings is 2. The Morgan fingerprint density at radius 3 is 2.23 bits per heavy atom. The maximum atomic E-state index is 16.3. The molecule has 5 bridgehead atoms. The highest BCUT2D eigenvalue weighted by atomic mass is 19.1. The summed E-state index contributed by atoms with van der Waals surface area (Å²) in [6, 6.07) is 1.63. The highest BCUT2D eigenvalue weighted by molar-refractivity contribution is 6.24. The van der Waals surface area contributed by atoms with E-state index in [1.54, 1.807) is 32.1 Å². The zero-order chi connectivity index (χ0) is 63.0. The number of aliphatic hydroxyl groups excluding tert-OH is 2. The van der Waals surface area contributed by atoms with Crippen molar-refractivity contribution in [2.24, 2.45) is 40.6 Å². The summed E-state index contributed by atoms with van der Waals surface area (Å²) >= 11 is 0. The Bertz CT molecular complexity index is 3630. The van der Waals surface area contributed by atoms with E-state index in [9.17, 15) is 54.6 Å². The zero-order valence-corrected chi connectivity index (χ0v) is 51.5. The van der Waals surface area contributed by atoms with Crippen molar-refractivity contribution >= 4 is 57.3 Å². The van der Waals surface area contributed by atoms with Gasteiger partial charge in [-0.25, -0.2) is 9.18 Å². The van der Waals surface area contributed by atoms with Crippen LogP contribution in [0, 0.1) is 55.2 Å². The first-order chi connectivity index (χ1) is 41.2. The van der Waals surface area contributed by atoms with Gasteiger partial charge < -0.3 is 59.9 Å². The van der Waals surface area contributed by atoms with Gasteiger partial charge in [-0.1, -0.05) is 45.9 Å². The van der Waals surface area contributed by atoms with E-state index in [1.807, 2.05) is 25.8 Å². The molecule has 1 amide bonds. The number of anilines is 2. The number of Topliss-reactive ketones (excluding diaryl/α,β-unsaturated/α-hetero) is 2. The number of carbonyl (C=O) groups excluding carboxylic acids is 3. The van der Waals surface area contributed by atoms with Gasteiger partial charge in [0, 0.05) is 86.6 Å². The molecule has 2 aliphatic carbocycles. The number of hydrogen-bond donors (Lipinski definition) is 7. The van der Waals surface area contributed by atoms with E-state index in [1.165, 1.54) is 63.8 Å². The van der Waals surface area contributed by atoms with Crippen molar-refractivity contribution in [2.45, 2.75) is 155 Å². The van der Waals surface area contributed by atoms with Crippen molar-refractivity contribution in [3.05, 3.63) is 98.0 Å². The van der Waals surface area contributed by atoms with Crippen molar-refractivity contribution in [1.82, 2.24) is 14.3 Å². The van der Waals surface area contributed by atoms with Crippen LogP contribution in [-0.4, -0.2) is 151 Å². The Labute approximate surface area is 505 Å². The van der Waals surface area contributed by atoms with E-state index in [0.29, 0.717) is 55.8 Å². The lowest BCUT2D eigenvalue weighted by Crippen LogP contribution is -2.50. The predicted molar refractivity (Wildman–Crippen MR) is 327 cm³/mol. The second-order valence-electron chi connectivity index (χ2n) is 25.8. The number of allylic oxidation sites excluding steroid dienone is 2. The number of phenols is 3. The number of aliphatic hydroxyl groups is 2. The van der Waals surface area contributed by atoms with E-state index in [-0.39, 0.29) is 85.7 Å². The number of phenolic OH excluding ortho intramolecular Hbond substituents is 3. The Morgan fingerprint density at radius 2 is 1.60 bits per heavy atom. The number of ketones is 2. The molecule has 21 heteroatoms. The quantitative estimate of drug-likeness (QED) is 0.0420. The maximum absolute atomic E-state index is 16.3. The lowest BCUT2D eigenvalue weighted by atomic mass is 9.71. The average molecular weight is 1200 g/mol. The van der Waals surface area contributed by atoms with Gasteiger partial charge in [-0.15, -0.1) is 0 Å². The molecule has 10 atom stereocenters. The first-order valence-electron chi connectivity index (χ1n) is 30.4. The fourth-order valence-electron chi connectivity index (χ4n) is 14.6. The van der Waals surface area contributed by atoms with Crippen LogP contribution in [0.3, 0.4) is 0 Å². The number of carboxylic acid groups (broad SMARTS) is 1. The molecule has 2 saturated heterocycles. The number of aromatic carboxylic acids is 1. The Hall–Kier alpha value is -7.33. The predicted octanol–water partition coefficient (Wildman–Crippen LogP) is 8.84. The maximum Gasteiger partial charge on any atom is 0.341 e. The lowest BCUT2D eigenvalue weighted by Gasteiger charge is -2.42. The molecule has 5 aliphatic heterocycles. The number of aromatic hydroxyl groups is 3. The van der Waals surface area contributed by atoms with Crippen molar-refractivity contribution in [3.63, 3.8) is 0 Å². The molecule has 20 nitrogen and oxygen atoms in total. The third kappa shape index (κ3) is 11.3. The minimum atomic E-state index is -2.08. The number of aromatic nitrogens is 1. The number of ether oxygens (including phenoxy) is 3. The number of nitrogens with zero attached hydrogens (tertiary/aromatic N) is 5. The smallest absolute Gasteiger partial charge is 0.341 e. The second-order valence-corrected chi connectivity index (χ2v) is 25.8. The topological polar surface area (TPSA) is 273 Å². The molecule has 4 fully saturated rings. The molecule has 2 aromatic heterocycles. The third-order valence-electron chi connectivity index (χ3n) is 20.3. The fourth-order valence-corrected chi connectivity index (χ4v) is 14.6. The summed E-state index contributed by atoms with van der Waals surface area (Å²) in [7, 11) is 3.64. The van der Waals surface area contributed by atoms with Gasteiger partial charge in [0.15, 0.2) is 11.6 Å². The van der Waals surface area contributed by atoms with E-state index in [0.717, 1.165) is 43.9 Å². The number of nitrogens with one attached hydrogen (secondary N) is 1. The SMILES string of the molecule is CO[C@H]1/C=C/O[C@@]2(C)Oc3c(C)c(O)c4c(O)c(c(/C=N/N5CCC(N(C)C6([C@@H]7CCN(c8c(F)cn9c(=O)c(C(=O)O)cc(C%10CC%10)c9c8C)C7)CC6)CC5)c(O)c4c3C2=O)NC(=O)/C(C)=C\C=C\[C@H](C)[C@H](O)[C@@H](C)[C@@H](O)[C@@H](C)[C@H](CC(C)=O)[C@@H]1C. The van der Waals surface area contributed by atoms with E-state index < -0.39 is 100.0 Å². The first kappa shape index (κ1) is 62.7. The number of methoxy groups -OCH3 is 1. The van der Waals surface area contributed by atoms with Gasteiger partial charge in [-0.05, 0) is 133 Å². The summed E-state index contributed by atoms with van der Waals surface area (Å²) in [6.45, 7) is 17.1. The average Bonchev–Trinajstić information content (AvgIpc) is 1.69. The van der Waals surface area contributed by atoms with E-state index >= 15 is 4.39 Å². The summed E-state index contributed by atoms with van der Waals surface area (Å²) in [5, 5.41) is 78.7. The molecule has 11 rings (SSSR count). The zero-order valence-electron chi connectivity index (χ0n) is 51.5. The molecule has 7 N–H and O–H groups in total. The van der Waals surface area contributed by atoms with Gasteiger partial charge in [0.25, 0.3) is 17.2 Å². The number of piperidine rings is 1. The molecule has 0 spiro atoms. The standard InChI is InChI=1S/C66H83FN6O14/c1-32-13-12-14-33(2)62(81)69-52-46(58(78)49-50(59(52)79)57(77)39(8)60-51(49)61(80)65(9,87-60)86-26-20-48(85-11)35(4)43(27-34(3)74)36(5)56(76)38(7)55(32)75)29-68-72-24-18-42(19-25-72)70(10)66(21-22-66)41-17-23-71(30-41)54-37(6)53-44(40-15-16-40)28-45(64(83)84)63(82)73(53)31-47(54)67/h12-14,20,26,28-29,31-32,35-36,38,40-43,48,55-56,75-79H,15-19,21-25,27,30H2,1-11H3,(H,69,81)(H,83,84)/b13-12+,26-20+,33-14-,68-29+/t32-,35-,36-,38+,41+,43+,48-,55-,56-,65-/m0/s1. The number of fused-ring (bicyclic) bond motifs is 15. The van der Waals surface area contributed by atoms with Gasteiger partial charge in [-0.3, -0.25) is 28.7 Å². The Balaban J connectivity index is 0.932.